The second-order valence-corrected chi connectivity index (χ2v) is 32.9. The Hall–Kier alpha value is -9.81. The van der Waals surface area contributed by atoms with Crippen molar-refractivity contribution >= 4 is 92.3 Å². The molecule has 0 saturated carbocycles. The van der Waals surface area contributed by atoms with Crippen LogP contribution >= 0.6 is 34.8 Å². The zero-order valence-electron chi connectivity index (χ0n) is 66.5. The summed E-state index contributed by atoms with van der Waals surface area (Å²) in [5.41, 5.74) is 22.3. The molecule has 0 bridgehead atoms. The molecule has 8 fully saturated rings. The van der Waals surface area contributed by atoms with Crippen LogP contribution in [0.4, 0.5) is 23.3 Å². The maximum Gasteiger partial charge on any atom is 0.351 e. The van der Waals surface area contributed by atoms with Gasteiger partial charge in [-0.15, -0.1) is 0 Å². The van der Waals surface area contributed by atoms with E-state index in [1.807, 2.05) is 51.1 Å². The van der Waals surface area contributed by atoms with E-state index in [4.69, 9.17) is 124 Å². The summed E-state index contributed by atoms with van der Waals surface area (Å²) < 4.78 is 91.9. The zero-order chi connectivity index (χ0) is 85.1. The SMILES string of the molecule is CC(C)(C)C(=O)OC[C@H]1O[C@@H](n2cnc3c(N)ncnc32)[C@]2(C)OC(c3ccc(Cl)cc3)O[C@H]12.CCC(CC)C1O[C@@H]2[C@@H](CO)O[C@@H](n3ccc(N)nc3=O)[C@]2(C)O1.C[C@@]12OC(c3ccc(Cl)cc3)O[C@@H]1[C@@H](CO)O[C@H]2n1ccc(N)nc1=O.C[C@@]12OC(c3ccc(Cl)cc3)O[C@@H]1[C@@H](COC(=O)c1ccccc1)O[C@H]2n1cnc2c(N)ncnc21. The number of hydrogen-bond acceptors (Lipinski definition) is 32. The van der Waals surface area contributed by atoms with Crippen molar-refractivity contribution in [2.45, 2.75) is 196 Å². The van der Waals surface area contributed by atoms with Crippen LogP contribution in [-0.4, -0.2) is 184 Å². The monoisotopic (exact) mass is 1710 g/mol. The first kappa shape index (κ1) is 85.2. The minimum atomic E-state index is -1.00. The summed E-state index contributed by atoms with van der Waals surface area (Å²) >= 11 is 18.0. The van der Waals surface area contributed by atoms with E-state index in [0.717, 1.165) is 29.5 Å². The fraction of sp³-hybridized carbons (Fsp3) is 0.457. The lowest BCUT2D eigenvalue weighted by molar-refractivity contribution is -0.191. The van der Waals surface area contributed by atoms with E-state index < -0.39 is 138 Å². The Balaban J connectivity index is 0.000000126. The van der Waals surface area contributed by atoms with Gasteiger partial charge < -0.3 is 99.5 Å². The second kappa shape index (κ2) is 34.2. The van der Waals surface area contributed by atoms with E-state index in [2.05, 4.69) is 53.7 Å². The van der Waals surface area contributed by atoms with Gasteiger partial charge in [-0.3, -0.25) is 23.1 Å². The fourth-order valence-corrected chi connectivity index (χ4v) is 16.5. The number of nitrogens with two attached hydrogens (primary N) is 4. The lowest BCUT2D eigenvalue weighted by atomic mass is 9.96. The van der Waals surface area contributed by atoms with Crippen molar-refractivity contribution in [1.82, 2.24) is 58.1 Å². The van der Waals surface area contributed by atoms with E-state index in [1.54, 1.807) is 122 Å². The normalized spacial score (nSPS) is 30.7. The molecule has 8 aliphatic rings. The van der Waals surface area contributed by atoms with Crippen LogP contribution < -0.4 is 34.3 Å². The molecule has 0 aliphatic carbocycles. The predicted octanol–water partition coefficient (Wildman–Crippen LogP) is 9.00. The molecule has 36 nitrogen and oxygen atoms in total. The average molecular weight is 1720 g/mol. The number of anilines is 4. The van der Waals surface area contributed by atoms with Crippen LogP contribution in [0.1, 0.15) is 146 Å². The van der Waals surface area contributed by atoms with E-state index >= 15 is 0 Å². The minimum absolute atomic E-state index is 0.00725. The van der Waals surface area contributed by atoms with Gasteiger partial charge in [0.25, 0.3) is 0 Å². The molecule has 4 unspecified atom stereocenters. The first-order valence-electron chi connectivity index (χ1n) is 38.8. The molecule has 18 rings (SSSR count). The molecule has 20 atom stereocenters. The number of aliphatic hydroxyl groups excluding tert-OH is 2. The van der Waals surface area contributed by atoms with Gasteiger partial charge in [0, 0.05) is 50.1 Å². The molecule has 0 radical (unpaired) electrons. The number of halogens is 3. The van der Waals surface area contributed by atoms with Crippen LogP contribution in [0.3, 0.4) is 0 Å². The number of fused-ring (bicyclic) bond motifs is 6. The molecule has 120 heavy (non-hydrogen) atoms. The highest BCUT2D eigenvalue weighted by atomic mass is 35.5. The molecular weight excluding hydrogens is 1620 g/mol. The van der Waals surface area contributed by atoms with E-state index in [-0.39, 0.29) is 67.9 Å². The molecule has 8 aliphatic heterocycles. The summed E-state index contributed by atoms with van der Waals surface area (Å²) in [6, 6.07) is 33.4. The van der Waals surface area contributed by atoms with Crippen LogP contribution in [0.15, 0.2) is 163 Å². The number of nitrogen functional groups attached to an aromatic ring is 4. The van der Waals surface area contributed by atoms with Crippen molar-refractivity contribution in [2.24, 2.45) is 11.3 Å². The summed E-state index contributed by atoms with van der Waals surface area (Å²) in [6.07, 6.45) is 0.922. The highest BCUT2D eigenvalue weighted by Crippen LogP contribution is 2.56. The summed E-state index contributed by atoms with van der Waals surface area (Å²) in [5, 5.41) is 21.2. The topological polar surface area (TPSA) is 465 Å². The molecular formula is C81H91Cl3N16O20. The Labute approximate surface area is 701 Å². The maximum absolute atomic E-state index is 12.6. The zero-order valence-corrected chi connectivity index (χ0v) is 68.8. The van der Waals surface area contributed by atoms with Gasteiger partial charge in [-0.05, 0) is 122 Å². The molecule has 8 saturated heterocycles. The molecule has 10 aromatic rings. The third-order valence-electron chi connectivity index (χ3n) is 22.4. The van der Waals surface area contributed by atoms with Gasteiger partial charge in [0.2, 0.25) is 0 Å². The molecule has 636 valence electrons. The molecule has 39 heteroatoms. The lowest BCUT2D eigenvalue weighted by Crippen LogP contribution is -2.44. The summed E-state index contributed by atoms with van der Waals surface area (Å²) in [5.74, 6) is 0.249. The van der Waals surface area contributed by atoms with Crippen molar-refractivity contribution in [3.63, 3.8) is 0 Å². The number of imidazole rings is 2. The third-order valence-corrected chi connectivity index (χ3v) is 23.2. The smallest absolute Gasteiger partial charge is 0.351 e. The number of carbonyl (C=O) groups is 2. The minimum Gasteiger partial charge on any atom is -0.462 e. The van der Waals surface area contributed by atoms with Crippen molar-refractivity contribution in [2.75, 3.05) is 49.4 Å². The average Bonchev–Trinajstić information content (AvgIpc) is 1.58. The van der Waals surface area contributed by atoms with Crippen LogP contribution in [0, 0.1) is 11.3 Å². The van der Waals surface area contributed by atoms with Gasteiger partial charge in [0.05, 0.1) is 36.8 Å². The Morgan fingerprint density at radius 2 is 0.842 bits per heavy atom. The van der Waals surface area contributed by atoms with Crippen molar-refractivity contribution < 1.29 is 86.1 Å². The summed E-state index contributed by atoms with van der Waals surface area (Å²) in [4.78, 5) is 82.4. The lowest BCUT2D eigenvalue weighted by Gasteiger charge is -2.30. The van der Waals surface area contributed by atoms with Crippen molar-refractivity contribution in [3.05, 3.63) is 211 Å². The maximum atomic E-state index is 12.6. The number of carbonyl (C=O) groups excluding carboxylic acids is 2. The van der Waals surface area contributed by atoms with Crippen LogP contribution in [0.25, 0.3) is 22.3 Å². The quantitative estimate of drug-likeness (QED) is 0.0463. The van der Waals surface area contributed by atoms with Crippen LogP contribution in [-0.2, 0) is 71.1 Å². The van der Waals surface area contributed by atoms with Gasteiger partial charge in [0.15, 0.2) is 73.0 Å². The van der Waals surface area contributed by atoms with Crippen LogP contribution in [0.5, 0.6) is 0 Å². The fourth-order valence-electron chi connectivity index (χ4n) is 16.1. The van der Waals surface area contributed by atoms with Gasteiger partial charge >= 0.3 is 23.3 Å². The molecule has 0 amide bonds. The van der Waals surface area contributed by atoms with Gasteiger partial charge in [-0.2, -0.15) is 9.97 Å². The van der Waals surface area contributed by atoms with E-state index in [0.29, 0.717) is 43.0 Å². The Morgan fingerprint density at radius 3 is 1.23 bits per heavy atom. The predicted molar refractivity (Wildman–Crippen MR) is 430 cm³/mol. The van der Waals surface area contributed by atoms with Gasteiger partial charge in [-0.25, -0.2) is 44.3 Å². The van der Waals surface area contributed by atoms with E-state index in [9.17, 15) is 29.4 Å². The van der Waals surface area contributed by atoms with Crippen molar-refractivity contribution in [3.8, 4) is 0 Å². The first-order chi connectivity index (χ1) is 57.4. The van der Waals surface area contributed by atoms with Crippen molar-refractivity contribution in [1.29, 1.82) is 0 Å². The molecule has 6 aromatic heterocycles. The third kappa shape index (κ3) is 16.3. The first-order valence-corrected chi connectivity index (χ1v) is 39.9. The molecule has 0 spiro atoms. The summed E-state index contributed by atoms with van der Waals surface area (Å²) in [7, 11) is 0. The number of ether oxygens (including phenoxy) is 14. The Morgan fingerprint density at radius 1 is 0.475 bits per heavy atom. The number of hydrogen-bond donors (Lipinski definition) is 6. The van der Waals surface area contributed by atoms with Crippen LogP contribution in [0.2, 0.25) is 15.1 Å². The molecule has 10 N–H and O–H groups in total. The molecule has 4 aromatic carbocycles. The summed E-state index contributed by atoms with van der Waals surface area (Å²) in [6.45, 7) is 16.5. The second-order valence-electron chi connectivity index (χ2n) is 31.6. The Bertz CT molecular complexity index is 5460. The molecule has 14 heterocycles. The van der Waals surface area contributed by atoms with Gasteiger partial charge in [0.1, 0.15) is 120 Å². The number of aromatic nitrogens is 12. The number of esters is 2. The Kier molecular flexibility index (Phi) is 24.3. The number of nitrogens with zero attached hydrogens (tertiary/aromatic N) is 12. The number of aliphatic hydroxyl groups is 2. The largest absolute Gasteiger partial charge is 0.462 e. The van der Waals surface area contributed by atoms with E-state index in [1.165, 1.54) is 46.3 Å². The highest BCUT2D eigenvalue weighted by Gasteiger charge is 2.67. The number of rotatable bonds is 17. The highest BCUT2D eigenvalue weighted by molar-refractivity contribution is 6.31. The van der Waals surface area contributed by atoms with Gasteiger partial charge in [-0.1, -0.05) is 103 Å². The standard InChI is InChI=1S/C25H22ClN5O5.C23H26ClN5O5.C17H18ClN3O5.C16H25N3O5/c1-25-19(35-23(36-25)15-7-9-16(26)10-8-15)17(11-33-22(32)14-5-3-2-4-6-14)34-24(25)31-13-30-18-20(27)28-12-29-21(18)31;1-22(2,3)21(30)31-9-14-16-23(4,34-19(33-16)12-5-7-13(24)8-6-12)20(32-14)29-11-28-15-17(25)26-10-27-18(15)29;1-17-13(25-14(26-17)9-2-4-10(18)5-3-9)11(8-22)24-15(17)21-7-6-12(19)20-16(21)23;1-4-9(5-2)13-23-12-10(8-20)22-14(16(12,3)24-13)19-7-6-11(17)18-15(19)21/h2-10,12-13,17,19,23-24H,11H2,1H3,(H2,27,28,29);5-8,10-11,14,16,19-20H,9H2,1-4H3,(H2,25,26,27);2-7,11,13-15,22H,8H2,1H3,(H2,19,20,23);6-7,9-10,12-14,20H,4-5,8H2,1-3H3,(H2,17,18,21)/t17-,19-,23?,24-,25-;14-,16-,19?,20-,23-;11-,13-,14?,15-,17-;10-,12-,13?,14-,16-/m1111/s1. The number of benzene rings is 4.